The lowest BCUT2D eigenvalue weighted by molar-refractivity contribution is 0.387. The Balaban J connectivity index is 2.25. The van der Waals surface area contributed by atoms with Gasteiger partial charge in [0.25, 0.3) is 0 Å². The van der Waals surface area contributed by atoms with Crippen LogP contribution in [0.1, 0.15) is 18.6 Å². The molecule has 0 fully saturated rings. The maximum atomic E-state index is 11.5. The zero-order valence-corrected chi connectivity index (χ0v) is 10.9. The van der Waals surface area contributed by atoms with Crippen LogP contribution < -0.4 is 10.0 Å². The summed E-state index contributed by atoms with van der Waals surface area (Å²) in [5.41, 5.74) is 0. The summed E-state index contributed by atoms with van der Waals surface area (Å²) in [6.45, 7) is 5.12. The van der Waals surface area contributed by atoms with Crippen LogP contribution in [0, 0.1) is 6.92 Å². The summed E-state index contributed by atoms with van der Waals surface area (Å²) >= 11 is 0. The molecule has 1 rings (SSSR count). The Bertz CT molecular complexity index is 429. The predicted octanol–water partition coefficient (Wildman–Crippen LogP) is -0.551. The van der Waals surface area contributed by atoms with E-state index >= 15 is 0 Å². The van der Waals surface area contributed by atoms with Crippen molar-refractivity contribution in [1.82, 2.24) is 20.2 Å². The third kappa shape index (κ3) is 5.76. The van der Waals surface area contributed by atoms with Crippen molar-refractivity contribution < 1.29 is 12.9 Å². The van der Waals surface area contributed by atoms with Crippen LogP contribution in [0.2, 0.25) is 0 Å². The molecule has 0 amide bonds. The molecule has 2 N–H and O–H groups in total. The van der Waals surface area contributed by atoms with E-state index < -0.39 is 10.0 Å². The molecule has 0 aromatic carbocycles. The summed E-state index contributed by atoms with van der Waals surface area (Å²) in [6, 6.07) is 0. The zero-order valence-electron chi connectivity index (χ0n) is 10.1. The monoisotopic (exact) mass is 262 g/mol. The highest BCUT2D eigenvalue weighted by Crippen LogP contribution is 1.95. The first-order chi connectivity index (χ1) is 8.03. The van der Waals surface area contributed by atoms with E-state index in [0.717, 1.165) is 6.54 Å². The number of hydrogen-bond donors (Lipinski definition) is 2. The molecule has 0 aliphatic carbocycles. The molecule has 8 heteroatoms. The normalized spacial score (nSPS) is 11.9. The van der Waals surface area contributed by atoms with Crippen LogP contribution in [0.15, 0.2) is 4.52 Å². The third-order valence-corrected chi connectivity index (χ3v) is 3.42. The number of hydrogen-bond acceptors (Lipinski definition) is 6. The van der Waals surface area contributed by atoms with Crippen molar-refractivity contribution in [1.29, 1.82) is 0 Å². The van der Waals surface area contributed by atoms with Crippen LogP contribution in [-0.2, 0) is 16.4 Å². The van der Waals surface area contributed by atoms with E-state index in [9.17, 15) is 8.42 Å². The van der Waals surface area contributed by atoms with Crippen LogP contribution in [0.4, 0.5) is 0 Å². The molecule has 1 aromatic rings. The minimum atomic E-state index is -3.22. The van der Waals surface area contributed by atoms with Gasteiger partial charge in [-0.15, -0.1) is 0 Å². The fourth-order valence-corrected chi connectivity index (χ4v) is 2.19. The Morgan fingerprint density at radius 2 is 2.12 bits per heavy atom. The molecule has 1 aromatic heterocycles. The van der Waals surface area contributed by atoms with E-state index in [1.807, 2.05) is 6.92 Å². The van der Waals surface area contributed by atoms with Crippen LogP contribution in [0.3, 0.4) is 0 Å². The van der Waals surface area contributed by atoms with E-state index in [2.05, 4.69) is 20.2 Å². The van der Waals surface area contributed by atoms with Gasteiger partial charge in [0.1, 0.15) is 0 Å². The first-order valence-electron chi connectivity index (χ1n) is 5.50. The van der Waals surface area contributed by atoms with Gasteiger partial charge in [-0.25, -0.2) is 13.1 Å². The standard InChI is InChI=1S/C9H18N4O3S/c1-3-10-6-7-17(14,15)11-5-4-9-12-8(2)16-13-9/h10-11H,3-7H2,1-2H3. The Morgan fingerprint density at radius 1 is 1.35 bits per heavy atom. The molecule has 7 nitrogen and oxygen atoms in total. The van der Waals surface area contributed by atoms with E-state index in [1.54, 1.807) is 6.92 Å². The summed E-state index contributed by atoms with van der Waals surface area (Å²) in [6.07, 6.45) is 0.428. The molecule has 0 unspecified atom stereocenters. The summed E-state index contributed by atoms with van der Waals surface area (Å²) in [4.78, 5) is 3.98. The molecule has 0 aliphatic heterocycles. The molecular formula is C9H18N4O3S. The molecule has 0 bridgehead atoms. The third-order valence-electron chi connectivity index (χ3n) is 2.04. The highest BCUT2D eigenvalue weighted by molar-refractivity contribution is 7.89. The van der Waals surface area contributed by atoms with Gasteiger partial charge in [-0.2, -0.15) is 4.98 Å². The highest BCUT2D eigenvalue weighted by atomic mass is 32.2. The number of aryl methyl sites for hydroxylation is 1. The van der Waals surface area contributed by atoms with E-state index in [1.165, 1.54) is 0 Å². The molecule has 0 aliphatic rings. The number of aromatic nitrogens is 2. The lowest BCUT2D eigenvalue weighted by Crippen LogP contribution is -2.33. The highest BCUT2D eigenvalue weighted by Gasteiger charge is 2.09. The van der Waals surface area contributed by atoms with Crippen molar-refractivity contribution in [2.75, 3.05) is 25.4 Å². The molecule has 17 heavy (non-hydrogen) atoms. The molecule has 0 atom stereocenters. The maximum Gasteiger partial charge on any atom is 0.223 e. The average molecular weight is 262 g/mol. The predicted molar refractivity (Wildman–Crippen MR) is 63.1 cm³/mol. The molecule has 0 radical (unpaired) electrons. The topological polar surface area (TPSA) is 97.1 Å². The van der Waals surface area contributed by atoms with Gasteiger partial charge in [-0.3, -0.25) is 0 Å². The van der Waals surface area contributed by atoms with Crippen molar-refractivity contribution in [2.24, 2.45) is 0 Å². The van der Waals surface area contributed by atoms with Gasteiger partial charge < -0.3 is 9.84 Å². The molecule has 0 saturated carbocycles. The van der Waals surface area contributed by atoms with E-state index in [0.29, 0.717) is 24.7 Å². The lowest BCUT2D eigenvalue weighted by Gasteiger charge is -2.05. The van der Waals surface area contributed by atoms with Crippen LogP contribution >= 0.6 is 0 Å². The van der Waals surface area contributed by atoms with Gasteiger partial charge in [0, 0.05) is 26.4 Å². The number of nitrogens with one attached hydrogen (secondary N) is 2. The summed E-state index contributed by atoms with van der Waals surface area (Å²) in [5.74, 6) is 1.07. The second kappa shape index (κ2) is 6.67. The van der Waals surface area contributed by atoms with Crippen molar-refractivity contribution in [3.63, 3.8) is 0 Å². The zero-order chi connectivity index (χ0) is 12.7. The minimum Gasteiger partial charge on any atom is -0.340 e. The van der Waals surface area contributed by atoms with Gasteiger partial charge in [0.05, 0.1) is 5.75 Å². The molecule has 0 spiro atoms. The Hall–Kier alpha value is -0.990. The molecular weight excluding hydrogens is 244 g/mol. The first-order valence-corrected chi connectivity index (χ1v) is 7.16. The first kappa shape index (κ1) is 14.1. The van der Waals surface area contributed by atoms with Gasteiger partial charge >= 0.3 is 0 Å². The summed E-state index contributed by atoms with van der Waals surface area (Å²) in [5, 5.41) is 6.63. The van der Waals surface area contributed by atoms with Crippen molar-refractivity contribution in [3.05, 3.63) is 11.7 Å². The lowest BCUT2D eigenvalue weighted by atomic mass is 10.4. The molecule has 0 saturated heterocycles. The van der Waals surface area contributed by atoms with Crippen LogP contribution in [0.5, 0.6) is 0 Å². The van der Waals surface area contributed by atoms with Gasteiger partial charge in [-0.05, 0) is 6.54 Å². The smallest absolute Gasteiger partial charge is 0.223 e. The molecule has 98 valence electrons. The Morgan fingerprint density at radius 3 is 2.71 bits per heavy atom. The summed E-state index contributed by atoms with van der Waals surface area (Å²) in [7, 11) is -3.22. The Kier molecular flexibility index (Phi) is 5.52. The second-order valence-corrected chi connectivity index (χ2v) is 5.47. The second-order valence-electron chi connectivity index (χ2n) is 3.55. The van der Waals surface area contributed by atoms with Crippen molar-refractivity contribution >= 4 is 10.0 Å². The number of rotatable bonds is 8. The van der Waals surface area contributed by atoms with E-state index in [-0.39, 0.29) is 12.3 Å². The van der Waals surface area contributed by atoms with Gasteiger partial charge in [0.2, 0.25) is 15.9 Å². The van der Waals surface area contributed by atoms with Gasteiger partial charge in [-0.1, -0.05) is 12.1 Å². The van der Waals surface area contributed by atoms with Gasteiger partial charge in [0.15, 0.2) is 5.82 Å². The van der Waals surface area contributed by atoms with Crippen LogP contribution in [0.25, 0.3) is 0 Å². The quantitative estimate of drug-likeness (QED) is 0.610. The number of sulfonamides is 1. The van der Waals surface area contributed by atoms with Crippen molar-refractivity contribution in [2.45, 2.75) is 20.3 Å². The minimum absolute atomic E-state index is 0.0755. The number of nitrogens with zero attached hydrogens (tertiary/aromatic N) is 2. The molecule has 1 heterocycles. The fraction of sp³-hybridized carbons (Fsp3) is 0.778. The van der Waals surface area contributed by atoms with Crippen molar-refractivity contribution in [3.8, 4) is 0 Å². The maximum absolute atomic E-state index is 11.5. The Labute approximate surface area is 101 Å². The van der Waals surface area contributed by atoms with E-state index in [4.69, 9.17) is 4.52 Å². The average Bonchev–Trinajstić information content (AvgIpc) is 2.64. The SMILES string of the molecule is CCNCCS(=O)(=O)NCCc1noc(C)n1. The summed E-state index contributed by atoms with van der Waals surface area (Å²) < 4.78 is 30.2. The fourth-order valence-electron chi connectivity index (χ4n) is 1.22. The van der Waals surface area contributed by atoms with Crippen LogP contribution in [-0.4, -0.2) is 43.9 Å². The largest absolute Gasteiger partial charge is 0.340 e.